The predicted octanol–water partition coefficient (Wildman–Crippen LogP) is 2.00. The molecule has 80 valence electrons. The summed E-state index contributed by atoms with van der Waals surface area (Å²) in [6.07, 6.45) is 0. The van der Waals surface area contributed by atoms with Crippen molar-refractivity contribution in [2.45, 2.75) is 20.4 Å². The van der Waals surface area contributed by atoms with Gasteiger partial charge in [0.2, 0.25) is 0 Å². The summed E-state index contributed by atoms with van der Waals surface area (Å²) in [5.74, 6) is 0.695. The van der Waals surface area contributed by atoms with Crippen LogP contribution in [0.3, 0.4) is 0 Å². The molecule has 1 atom stereocenters. The first-order valence-corrected chi connectivity index (χ1v) is 6.00. The average Bonchev–Trinajstić information content (AvgIpc) is 2.52. The molecule has 1 rings (SSSR count). The van der Waals surface area contributed by atoms with E-state index in [9.17, 15) is 0 Å². The zero-order chi connectivity index (χ0) is 10.4. The number of nitrogens with one attached hydrogen (secondary N) is 2. The van der Waals surface area contributed by atoms with Gasteiger partial charge in [-0.3, -0.25) is 0 Å². The van der Waals surface area contributed by atoms with Crippen molar-refractivity contribution < 1.29 is 0 Å². The molecule has 0 amide bonds. The Hall–Kier alpha value is -0.380. The smallest absolute Gasteiger partial charge is 0.0302 e. The molecule has 14 heavy (non-hydrogen) atoms. The molecular weight excluding hydrogens is 192 g/mol. The zero-order valence-corrected chi connectivity index (χ0v) is 10.1. The fourth-order valence-corrected chi connectivity index (χ4v) is 2.31. The van der Waals surface area contributed by atoms with Crippen LogP contribution in [-0.4, -0.2) is 20.1 Å². The number of hydrogen-bond acceptors (Lipinski definition) is 3. The van der Waals surface area contributed by atoms with Crippen molar-refractivity contribution in [3.8, 4) is 0 Å². The fourth-order valence-electron chi connectivity index (χ4n) is 1.44. The first kappa shape index (κ1) is 11.7. The average molecular weight is 212 g/mol. The van der Waals surface area contributed by atoms with Crippen molar-refractivity contribution in [3.05, 3.63) is 21.9 Å². The maximum absolute atomic E-state index is 3.48. The Labute approximate surface area is 90.7 Å². The van der Waals surface area contributed by atoms with Crippen LogP contribution in [0.25, 0.3) is 0 Å². The van der Waals surface area contributed by atoms with E-state index >= 15 is 0 Å². The largest absolute Gasteiger partial charge is 0.319 e. The lowest BCUT2D eigenvalue weighted by Gasteiger charge is -2.11. The van der Waals surface area contributed by atoms with Gasteiger partial charge in [0, 0.05) is 11.4 Å². The Morgan fingerprint density at radius 1 is 1.43 bits per heavy atom. The molecule has 0 aliphatic rings. The van der Waals surface area contributed by atoms with E-state index < -0.39 is 0 Å². The van der Waals surface area contributed by atoms with Gasteiger partial charge in [0.1, 0.15) is 0 Å². The third-order valence-electron chi connectivity index (χ3n) is 2.30. The highest BCUT2D eigenvalue weighted by Crippen LogP contribution is 2.14. The number of aryl methyl sites for hydroxylation is 1. The third kappa shape index (κ3) is 3.78. The van der Waals surface area contributed by atoms with E-state index in [1.165, 1.54) is 10.4 Å². The molecule has 0 aliphatic heterocycles. The quantitative estimate of drug-likeness (QED) is 0.753. The normalized spacial score (nSPS) is 13.1. The number of thiophene rings is 1. The van der Waals surface area contributed by atoms with Gasteiger partial charge in [0.25, 0.3) is 0 Å². The fraction of sp³-hybridized carbons (Fsp3) is 0.636. The highest BCUT2D eigenvalue weighted by atomic mass is 32.1. The second-order valence-corrected chi connectivity index (χ2v) is 4.82. The van der Waals surface area contributed by atoms with E-state index in [2.05, 4.69) is 35.9 Å². The van der Waals surface area contributed by atoms with Crippen molar-refractivity contribution in [1.82, 2.24) is 10.6 Å². The molecular formula is C11H20N2S. The summed E-state index contributed by atoms with van der Waals surface area (Å²) < 4.78 is 0. The lowest BCUT2D eigenvalue weighted by Crippen LogP contribution is -2.27. The van der Waals surface area contributed by atoms with Crippen LogP contribution in [0.2, 0.25) is 0 Å². The Morgan fingerprint density at radius 3 is 2.79 bits per heavy atom. The number of hydrogen-bond donors (Lipinski definition) is 2. The van der Waals surface area contributed by atoms with Crippen molar-refractivity contribution in [3.63, 3.8) is 0 Å². The van der Waals surface area contributed by atoms with E-state index in [1.54, 1.807) is 0 Å². The van der Waals surface area contributed by atoms with Gasteiger partial charge in [-0.2, -0.15) is 0 Å². The highest BCUT2D eigenvalue weighted by Gasteiger charge is 2.01. The van der Waals surface area contributed by atoms with Crippen LogP contribution in [0.1, 0.15) is 17.4 Å². The van der Waals surface area contributed by atoms with Crippen LogP contribution < -0.4 is 10.6 Å². The Balaban J connectivity index is 2.19. The zero-order valence-electron chi connectivity index (χ0n) is 9.26. The summed E-state index contributed by atoms with van der Waals surface area (Å²) in [5.41, 5.74) is 1.41. The van der Waals surface area contributed by atoms with Gasteiger partial charge < -0.3 is 10.6 Å². The van der Waals surface area contributed by atoms with E-state index in [1.807, 2.05) is 18.4 Å². The van der Waals surface area contributed by atoms with E-state index in [4.69, 9.17) is 0 Å². The summed E-state index contributed by atoms with van der Waals surface area (Å²) in [7, 11) is 2.00. The monoisotopic (exact) mass is 212 g/mol. The van der Waals surface area contributed by atoms with Crippen LogP contribution in [0.5, 0.6) is 0 Å². The molecule has 2 nitrogen and oxygen atoms in total. The molecule has 0 fully saturated rings. The molecule has 1 heterocycles. The predicted molar refractivity (Wildman–Crippen MR) is 63.9 cm³/mol. The summed E-state index contributed by atoms with van der Waals surface area (Å²) in [4.78, 5) is 1.46. The van der Waals surface area contributed by atoms with Gasteiger partial charge in [0.15, 0.2) is 0 Å². The first-order valence-electron chi connectivity index (χ1n) is 5.12. The maximum Gasteiger partial charge on any atom is 0.0302 e. The summed E-state index contributed by atoms with van der Waals surface area (Å²) in [6.45, 7) is 7.60. The highest BCUT2D eigenvalue weighted by molar-refractivity contribution is 7.10. The van der Waals surface area contributed by atoms with Crippen LogP contribution in [0.15, 0.2) is 11.4 Å². The molecule has 2 N–H and O–H groups in total. The summed E-state index contributed by atoms with van der Waals surface area (Å²) in [5, 5.41) is 8.82. The minimum atomic E-state index is 0.695. The third-order valence-corrected chi connectivity index (χ3v) is 3.32. The summed E-state index contributed by atoms with van der Waals surface area (Å²) >= 11 is 1.84. The lowest BCUT2D eigenvalue weighted by atomic mass is 10.2. The van der Waals surface area contributed by atoms with E-state index in [0.717, 1.165) is 19.6 Å². The minimum absolute atomic E-state index is 0.695. The molecule has 0 spiro atoms. The molecule has 0 bridgehead atoms. The molecule has 0 aliphatic carbocycles. The molecule has 1 unspecified atom stereocenters. The van der Waals surface area contributed by atoms with E-state index in [0.29, 0.717) is 5.92 Å². The lowest BCUT2D eigenvalue weighted by molar-refractivity contribution is 0.492. The van der Waals surface area contributed by atoms with Gasteiger partial charge in [-0.15, -0.1) is 11.3 Å². The van der Waals surface area contributed by atoms with Crippen LogP contribution >= 0.6 is 11.3 Å². The van der Waals surface area contributed by atoms with Crippen molar-refractivity contribution in [2.24, 2.45) is 5.92 Å². The second-order valence-electron chi connectivity index (χ2n) is 3.82. The van der Waals surface area contributed by atoms with Crippen molar-refractivity contribution in [2.75, 3.05) is 20.1 Å². The number of rotatable bonds is 6. The Bertz CT molecular complexity index is 258. The topological polar surface area (TPSA) is 24.1 Å². The molecule has 0 saturated heterocycles. The van der Waals surface area contributed by atoms with Gasteiger partial charge in [-0.1, -0.05) is 6.92 Å². The molecule has 0 saturated carbocycles. The molecule has 0 aromatic carbocycles. The van der Waals surface area contributed by atoms with Crippen molar-refractivity contribution >= 4 is 11.3 Å². The first-order chi connectivity index (χ1) is 6.74. The molecule has 0 radical (unpaired) electrons. The van der Waals surface area contributed by atoms with E-state index in [-0.39, 0.29) is 0 Å². The second kappa shape index (κ2) is 6.17. The Morgan fingerprint density at radius 2 is 2.21 bits per heavy atom. The Kier molecular flexibility index (Phi) is 5.15. The standard InChI is InChI=1S/C11H20N2S/c1-9(6-12-3)7-13-8-11-10(2)4-5-14-11/h4-5,9,12-13H,6-8H2,1-3H3. The van der Waals surface area contributed by atoms with Gasteiger partial charge in [0.05, 0.1) is 0 Å². The van der Waals surface area contributed by atoms with Crippen LogP contribution in [0.4, 0.5) is 0 Å². The van der Waals surface area contributed by atoms with Gasteiger partial charge >= 0.3 is 0 Å². The molecule has 1 aromatic heterocycles. The van der Waals surface area contributed by atoms with Crippen LogP contribution in [0, 0.1) is 12.8 Å². The van der Waals surface area contributed by atoms with Crippen LogP contribution in [-0.2, 0) is 6.54 Å². The maximum atomic E-state index is 3.48. The van der Waals surface area contributed by atoms with Gasteiger partial charge in [-0.05, 0) is 50.0 Å². The molecule has 1 aromatic rings. The minimum Gasteiger partial charge on any atom is -0.319 e. The SMILES string of the molecule is CNCC(C)CNCc1sccc1C. The summed E-state index contributed by atoms with van der Waals surface area (Å²) in [6, 6.07) is 2.18. The van der Waals surface area contributed by atoms with Crippen molar-refractivity contribution in [1.29, 1.82) is 0 Å². The van der Waals surface area contributed by atoms with Gasteiger partial charge in [-0.25, -0.2) is 0 Å². The molecule has 3 heteroatoms.